The lowest BCUT2D eigenvalue weighted by molar-refractivity contribution is -0.125. The first-order chi connectivity index (χ1) is 6.31. The van der Waals surface area contributed by atoms with Crippen LogP contribution < -0.4 is 0 Å². The zero-order valence-electron chi connectivity index (χ0n) is 7.36. The van der Waals surface area contributed by atoms with Crippen LogP contribution >= 0.6 is 0 Å². The third kappa shape index (κ3) is 0.812. The molecule has 0 saturated carbocycles. The molecule has 4 heteroatoms. The first-order valence-corrected chi connectivity index (χ1v) is 4.68. The van der Waals surface area contributed by atoms with Gasteiger partial charge in [0, 0.05) is 13.1 Å². The van der Waals surface area contributed by atoms with Crippen LogP contribution in [0.3, 0.4) is 0 Å². The van der Waals surface area contributed by atoms with E-state index in [4.69, 9.17) is 0 Å². The number of carbonyl (C=O) groups excluding carboxylic acids is 1. The second-order valence-electron chi connectivity index (χ2n) is 4.02. The second-order valence-corrected chi connectivity index (χ2v) is 4.02. The minimum atomic E-state index is -0.312. The predicted octanol–water partition coefficient (Wildman–Crippen LogP) is 0.0917. The molecule has 2 bridgehead atoms. The van der Waals surface area contributed by atoms with Crippen LogP contribution in [0.1, 0.15) is 12.8 Å². The molecule has 0 radical (unpaired) electrons. The van der Waals surface area contributed by atoms with Crippen LogP contribution in [0.15, 0.2) is 9.98 Å². The maximum Gasteiger partial charge on any atom is 0.260 e. The van der Waals surface area contributed by atoms with E-state index in [9.17, 15) is 4.79 Å². The minimum Gasteiger partial charge on any atom is -0.296 e. The van der Waals surface area contributed by atoms with Gasteiger partial charge in [0.15, 0.2) is 0 Å². The Morgan fingerprint density at radius 2 is 2.46 bits per heavy atom. The van der Waals surface area contributed by atoms with Crippen molar-refractivity contribution in [2.75, 3.05) is 19.6 Å². The van der Waals surface area contributed by atoms with Gasteiger partial charge in [-0.2, -0.15) is 0 Å². The first kappa shape index (κ1) is 7.38. The monoisotopic (exact) mass is 177 g/mol. The van der Waals surface area contributed by atoms with E-state index in [1.54, 1.807) is 0 Å². The van der Waals surface area contributed by atoms with Gasteiger partial charge in [-0.1, -0.05) is 0 Å². The van der Waals surface area contributed by atoms with Gasteiger partial charge in [0.2, 0.25) is 0 Å². The van der Waals surface area contributed by atoms with E-state index < -0.39 is 0 Å². The van der Waals surface area contributed by atoms with Crippen molar-refractivity contribution in [3.05, 3.63) is 0 Å². The maximum absolute atomic E-state index is 11.7. The summed E-state index contributed by atoms with van der Waals surface area (Å²) < 4.78 is 0. The Morgan fingerprint density at radius 3 is 3.38 bits per heavy atom. The van der Waals surface area contributed by atoms with E-state index in [-0.39, 0.29) is 11.3 Å². The number of aliphatic imine (C=N–C) groups is 2. The lowest BCUT2D eigenvalue weighted by Crippen LogP contribution is -2.43. The third-order valence-electron chi connectivity index (χ3n) is 3.30. The molecule has 0 aromatic carbocycles. The van der Waals surface area contributed by atoms with Crippen molar-refractivity contribution in [2.45, 2.75) is 12.8 Å². The molecule has 0 aromatic heterocycles. The van der Waals surface area contributed by atoms with E-state index in [1.807, 2.05) is 0 Å². The Labute approximate surface area is 76.4 Å². The number of hydrogen-bond acceptors (Lipinski definition) is 3. The normalized spacial score (nSPS) is 41.7. The molecule has 1 amide bonds. The zero-order valence-corrected chi connectivity index (χ0v) is 7.36. The highest BCUT2D eigenvalue weighted by Gasteiger charge is 2.52. The summed E-state index contributed by atoms with van der Waals surface area (Å²) in [4.78, 5) is 22.0. The van der Waals surface area contributed by atoms with Crippen LogP contribution in [-0.2, 0) is 4.79 Å². The summed E-state index contributed by atoms with van der Waals surface area (Å²) in [6.07, 6.45) is 3.45. The van der Waals surface area contributed by atoms with Crippen molar-refractivity contribution >= 4 is 18.0 Å². The Balaban J connectivity index is 2.11. The van der Waals surface area contributed by atoms with Gasteiger partial charge in [-0.3, -0.25) is 9.69 Å². The molecule has 2 saturated heterocycles. The summed E-state index contributed by atoms with van der Waals surface area (Å²) in [5.74, 6) is 0.0275. The molecule has 3 aliphatic rings. The van der Waals surface area contributed by atoms with E-state index in [0.29, 0.717) is 0 Å². The molecule has 3 aliphatic heterocycles. The molecule has 0 aliphatic carbocycles. The van der Waals surface area contributed by atoms with Crippen molar-refractivity contribution in [1.82, 2.24) is 4.90 Å². The minimum absolute atomic E-state index is 0.0275. The molecule has 68 valence electrons. The van der Waals surface area contributed by atoms with E-state index in [0.717, 1.165) is 38.2 Å². The molecule has 2 atom stereocenters. The summed E-state index contributed by atoms with van der Waals surface area (Å²) >= 11 is 0. The highest BCUT2D eigenvalue weighted by molar-refractivity contribution is 6.17. The highest BCUT2D eigenvalue weighted by Crippen LogP contribution is 2.39. The standard InChI is InChI=1S/C9H11N3O/c13-8-9-2-1-3-12(5-9)4-7(9)10-6-11-8/h6H,1-5H2. The van der Waals surface area contributed by atoms with Crippen molar-refractivity contribution < 1.29 is 4.79 Å². The number of carbonyl (C=O) groups is 1. The van der Waals surface area contributed by atoms with Crippen LogP contribution in [0.2, 0.25) is 0 Å². The van der Waals surface area contributed by atoms with E-state index in [2.05, 4.69) is 14.9 Å². The quantitative estimate of drug-likeness (QED) is 0.526. The highest BCUT2D eigenvalue weighted by atomic mass is 16.1. The molecule has 3 rings (SSSR count). The maximum atomic E-state index is 11.7. The SMILES string of the molecule is O=C1N=CN=C2CN3CCCC12C3. The summed E-state index contributed by atoms with van der Waals surface area (Å²) in [6.45, 7) is 2.83. The fraction of sp³-hybridized carbons (Fsp3) is 0.667. The van der Waals surface area contributed by atoms with Crippen molar-refractivity contribution in [1.29, 1.82) is 0 Å². The van der Waals surface area contributed by atoms with Gasteiger partial charge in [-0.15, -0.1) is 0 Å². The van der Waals surface area contributed by atoms with Crippen LogP contribution in [0, 0.1) is 5.41 Å². The molecule has 2 fully saturated rings. The second kappa shape index (κ2) is 2.26. The fourth-order valence-electron chi connectivity index (χ4n) is 2.61. The van der Waals surface area contributed by atoms with Crippen molar-refractivity contribution in [3.8, 4) is 0 Å². The first-order valence-electron chi connectivity index (χ1n) is 4.68. The largest absolute Gasteiger partial charge is 0.296 e. The molecule has 4 nitrogen and oxygen atoms in total. The predicted molar refractivity (Wildman–Crippen MR) is 49.0 cm³/mol. The van der Waals surface area contributed by atoms with Crippen LogP contribution in [0.4, 0.5) is 0 Å². The van der Waals surface area contributed by atoms with Crippen LogP contribution in [0.5, 0.6) is 0 Å². The fourth-order valence-corrected chi connectivity index (χ4v) is 2.61. The Morgan fingerprint density at radius 1 is 1.54 bits per heavy atom. The number of amides is 1. The Bertz CT molecular complexity index is 334. The molecular weight excluding hydrogens is 166 g/mol. The molecule has 0 aromatic rings. The summed E-state index contributed by atoms with van der Waals surface area (Å²) in [7, 11) is 0. The number of nitrogens with zero attached hydrogens (tertiary/aromatic N) is 3. The van der Waals surface area contributed by atoms with Crippen molar-refractivity contribution in [3.63, 3.8) is 0 Å². The lowest BCUT2D eigenvalue weighted by Gasteiger charge is -2.31. The van der Waals surface area contributed by atoms with Gasteiger partial charge >= 0.3 is 0 Å². The van der Waals surface area contributed by atoms with Gasteiger partial charge in [-0.05, 0) is 19.4 Å². The van der Waals surface area contributed by atoms with Crippen LogP contribution in [0.25, 0.3) is 0 Å². The summed E-state index contributed by atoms with van der Waals surface area (Å²) in [5, 5.41) is 0. The van der Waals surface area contributed by atoms with E-state index in [1.165, 1.54) is 6.34 Å². The third-order valence-corrected chi connectivity index (χ3v) is 3.30. The molecular formula is C9H11N3O. The molecule has 2 unspecified atom stereocenters. The molecule has 13 heavy (non-hydrogen) atoms. The van der Waals surface area contributed by atoms with Gasteiger partial charge < -0.3 is 0 Å². The Hall–Kier alpha value is -1.03. The number of piperidine rings is 1. The van der Waals surface area contributed by atoms with Crippen LogP contribution in [-0.4, -0.2) is 42.5 Å². The number of hydrogen-bond donors (Lipinski definition) is 0. The Kier molecular flexibility index (Phi) is 1.28. The van der Waals surface area contributed by atoms with Crippen molar-refractivity contribution in [2.24, 2.45) is 15.4 Å². The molecule has 3 heterocycles. The number of fused-ring (bicyclic) bond motifs is 1. The van der Waals surface area contributed by atoms with Gasteiger partial charge in [0.1, 0.15) is 11.8 Å². The van der Waals surface area contributed by atoms with E-state index >= 15 is 0 Å². The molecule has 0 N–H and O–H groups in total. The number of rotatable bonds is 0. The topological polar surface area (TPSA) is 45.0 Å². The molecule has 1 spiro atoms. The van der Waals surface area contributed by atoms with Gasteiger partial charge in [0.05, 0.1) is 5.71 Å². The van der Waals surface area contributed by atoms with Gasteiger partial charge in [0.25, 0.3) is 5.91 Å². The van der Waals surface area contributed by atoms with Gasteiger partial charge in [-0.25, -0.2) is 9.98 Å². The smallest absolute Gasteiger partial charge is 0.260 e. The summed E-state index contributed by atoms with van der Waals surface area (Å²) in [5.41, 5.74) is 0.734. The summed E-state index contributed by atoms with van der Waals surface area (Å²) in [6, 6.07) is 0. The average molecular weight is 177 g/mol. The zero-order chi connectivity index (χ0) is 8.89. The average Bonchev–Trinajstić information content (AvgIpc) is 2.39. The lowest BCUT2D eigenvalue weighted by atomic mass is 9.78.